The molecule has 0 saturated carbocycles. The minimum absolute atomic E-state index is 0.200. The molecule has 0 bridgehead atoms. The van der Waals surface area contributed by atoms with Crippen LogP contribution in [0.25, 0.3) is 0 Å². The van der Waals surface area contributed by atoms with Gasteiger partial charge >= 0.3 is 17.9 Å². The lowest BCUT2D eigenvalue weighted by molar-refractivity contribution is 0.0443. The minimum Gasteiger partial charge on any atom is -0.478 e. The quantitative estimate of drug-likeness (QED) is 0.696. The number of carboxylic acid groups (broad SMARTS) is 1. The number of benzene rings is 2. The van der Waals surface area contributed by atoms with Crippen molar-refractivity contribution in [1.82, 2.24) is 0 Å². The van der Waals surface area contributed by atoms with Crippen molar-refractivity contribution in [3.63, 3.8) is 0 Å². The van der Waals surface area contributed by atoms with E-state index in [1.807, 2.05) is 19.9 Å². The van der Waals surface area contributed by atoms with Crippen molar-refractivity contribution in [2.45, 2.75) is 19.3 Å². The van der Waals surface area contributed by atoms with Gasteiger partial charge in [-0.15, -0.1) is 0 Å². The zero-order valence-corrected chi connectivity index (χ0v) is 12.6. The normalized spacial score (nSPS) is 13.7. The van der Waals surface area contributed by atoms with Crippen LogP contribution in [0, 0.1) is 0 Å². The van der Waals surface area contributed by atoms with Crippen molar-refractivity contribution in [2.24, 2.45) is 0 Å². The smallest absolute Gasteiger partial charge is 0.346 e. The highest BCUT2D eigenvalue weighted by Gasteiger charge is 2.32. The van der Waals surface area contributed by atoms with E-state index in [9.17, 15) is 14.4 Å². The molecule has 2 aromatic carbocycles. The second-order valence-corrected chi connectivity index (χ2v) is 5.95. The van der Waals surface area contributed by atoms with Gasteiger partial charge in [-0.05, 0) is 35.4 Å². The van der Waals surface area contributed by atoms with Gasteiger partial charge in [-0.2, -0.15) is 0 Å². The van der Waals surface area contributed by atoms with Crippen LogP contribution in [0.5, 0.6) is 0 Å². The molecule has 0 fully saturated rings. The molecule has 0 atom stereocenters. The molecule has 23 heavy (non-hydrogen) atoms. The maximum absolute atomic E-state index is 11.7. The van der Waals surface area contributed by atoms with E-state index in [0.29, 0.717) is 0 Å². The van der Waals surface area contributed by atoms with Crippen LogP contribution in [-0.2, 0) is 10.2 Å². The first-order chi connectivity index (χ1) is 10.8. The van der Waals surface area contributed by atoms with E-state index in [1.165, 1.54) is 6.07 Å². The summed E-state index contributed by atoms with van der Waals surface area (Å²) in [5, 5.41) is 9.14. The molecule has 5 heteroatoms. The van der Waals surface area contributed by atoms with E-state index in [4.69, 9.17) is 5.11 Å². The van der Waals surface area contributed by atoms with Crippen LogP contribution in [0.4, 0.5) is 0 Å². The van der Waals surface area contributed by atoms with Crippen LogP contribution in [0.3, 0.4) is 0 Å². The fourth-order valence-electron chi connectivity index (χ4n) is 2.68. The second-order valence-electron chi connectivity index (χ2n) is 5.95. The molecule has 0 saturated heterocycles. The third-order valence-electron chi connectivity index (χ3n) is 4.20. The van der Waals surface area contributed by atoms with E-state index in [-0.39, 0.29) is 16.7 Å². The minimum atomic E-state index is -0.995. The number of rotatable bonds is 3. The molecule has 0 spiro atoms. The summed E-state index contributed by atoms with van der Waals surface area (Å²) < 4.78 is 4.60. The molecule has 1 aliphatic rings. The number of aromatic carboxylic acids is 1. The first-order valence-corrected chi connectivity index (χ1v) is 7.05. The number of fused-ring (bicyclic) bond motifs is 1. The summed E-state index contributed by atoms with van der Waals surface area (Å²) >= 11 is 0. The summed E-state index contributed by atoms with van der Waals surface area (Å²) in [4.78, 5) is 34.4. The molecular weight excluding hydrogens is 296 g/mol. The van der Waals surface area contributed by atoms with E-state index >= 15 is 0 Å². The Morgan fingerprint density at radius 3 is 2.30 bits per heavy atom. The molecule has 1 N–H and O–H groups in total. The molecule has 1 aliphatic heterocycles. The van der Waals surface area contributed by atoms with Crippen molar-refractivity contribution in [3.05, 3.63) is 70.3 Å². The summed E-state index contributed by atoms with van der Waals surface area (Å²) in [6.07, 6.45) is 0. The maximum atomic E-state index is 11.7. The molecule has 5 nitrogen and oxygen atoms in total. The van der Waals surface area contributed by atoms with Gasteiger partial charge in [-0.1, -0.05) is 32.0 Å². The van der Waals surface area contributed by atoms with Crippen LogP contribution in [0.2, 0.25) is 0 Å². The Bertz CT molecular complexity index is 848. The molecule has 0 aliphatic carbocycles. The zero-order chi connectivity index (χ0) is 16.8. The average molecular weight is 310 g/mol. The largest absolute Gasteiger partial charge is 0.478 e. The predicted molar refractivity (Wildman–Crippen MR) is 81.7 cm³/mol. The Morgan fingerprint density at radius 2 is 1.61 bits per heavy atom. The van der Waals surface area contributed by atoms with Gasteiger partial charge in [0.2, 0.25) is 0 Å². The van der Waals surface area contributed by atoms with Crippen molar-refractivity contribution in [1.29, 1.82) is 0 Å². The molecule has 2 aromatic rings. The van der Waals surface area contributed by atoms with Gasteiger partial charge < -0.3 is 9.84 Å². The van der Waals surface area contributed by atoms with Gasteiger partial charge in [0.15, 0.2) is 0 Å². The predicted octanol–water partition coefficient (Wildman–Crippen LogP) is 3.02. The third-order valence-corrected chi connectivity index (χ3v) is 4.20. The van der Waals surface area contributed by atoms with Crippen molar-refractivity contribution < 1.29 is 24.2 Å². The highest BCUT2D eigenvalue weighted by Crippen LogP contribution is 2.34. The number of cyclic esters (lactones) is 2. The monoisotopic (exact) mass is 310 g/mol. The second kappa shape index (κ2) is 5.05. The lowest BCUT2D eigenvalue weighted by atomic mass is 9.77. The topological polar surface area (TPSA) is 80.7 Å². The number of carbonyl (C=O) groups is 3. The number of esters is 2. The Hall–Kier alpha value is -2.95. The van der Waals surface area contributed by atoms with Crippen molar-refractivity contribution >= 4 is 17.9 Å². The highest BCUT2D eigenvalue weighted by molar-refractivity contribution is 6.14. The van der Waals surface area contributed by atoms with Crippen molar-refractivity contribution in [2.75, 3.05) is 0 Å². The average Bonchev–Trinajstić information content (AvgIpc) is 2.81. The standard InChI is InChI=1S/C18H14O5/c1-18(2,11-5-3-4-10(8-11)15(19)20)12-6-7-13-14(9-12)17(22)23-16(13)21/h3-9H,1-2H3,(H,19,20). The van der Waals surface area contributed by atoms with Gasteiger partial charge in [0.1, 0.15) is 0 Å². The van der Waals surface area contributed by atoms with Gasteiger partial charge in [0, 0.05) is 5.41 Å². The number of ether oxygens (including phenoxy) is 1. The van der Waals surface area contributed by atoms with Crippen molar-refractivity contribution in [3.8, 4) is 0 Å². The summed E-state index contributed by atoms with van der Waals surface area (Å²) in [5.74, 6) is -2.28. The SMILES string of the molecule is CC(C)(c1cccc(C(=O)O)c1)c1ccc2c(c1)C(=O)OC2=O. The molecule has 0 radical (unpaired) electrons. The first-order valence-electron chi connectivity index (χ1n) is 7.05. The van der Waals surface area contributed by atoms with Crippen LogP contribution in [0.15, 0.2) is 42.5 Å². The van der Waals surface area contributed by atoms with E-state index < -0.39 is 23.3 Å². The van der Waals surface area contributed by atoms with Crippen LogP contribution >= 0.6 is 0 Å². The number of carboxylic acids is 1. The first kappa shape index (κ1) is 15.0. The summed E-state index contributed by atoms with van der Waals surface area (Å²) in [6, 6.07) is 11.6. The molecule has 0 amide bonds. The number of carbonyl (C=O) groups excluding carboxylic acids is 2. The van der Waals surface area contributed by atoms with E-state index in [1.54, 1.807) is 30.3 Å². The summed E-state index contributed by atoms with van der Waals surface area (Å²) in [5.41, 5.74) is 1.77. The molecule has 1 heterocycles. The zero-order valence-electron chi connectivity index (χ0n) is 12.6. The Labute approximate surface area is 132 Å². The molecular formula is C18H14O5. The fraction of sp³-hybridized carbons (Fsp3) is 0.167. The number of hydrogen-bond donors (Lipinski definition) is 1. The van der Waals surface area contributed by atoms with Crippen LogP contribution < -0.4 is 0 Å². The highest BCUT2D eigenvalue weighted by atomic mass is 16.6. The van der Waals surface area contributed by atoms with Crippen LogP contribution in [0.1, 0.15) is 56.0 Å². The van der Waals surface area contributed by atoms with Gasteiger partial charge in [-0.3, -0.25) is 0 Å². The van der Waals surface area contributed by atoms with E-state index in [0.717, 1.165) is 11.1 Å². The number of hydrogen-bond acceptors (Lipinski definition) is 4. The fourth-order valence-corrected chi connectivity index (χ4v) is 2.68. The molecule has 116 valence electrons. The third kappa shape index (κ3) is 2.40. The summed E-state index contributed by atoms with van der Waals surface area (Å²) in [6.45, 7) is 3.86. The molecule has 3 rings (SSSR count). The molecule has 0 unspecified atom stereocenters. The Kier molecular flexibility index (Phi) is 3.29. The molecule has 0 aromatic heterocycles. The lowest BCUT2D eigenvalue weighted by Crippen LogP contribution is -2.20. The maximum Gasteiger partial charge on any atom is 0.346 e. The Morgan fingerprint density at radius 1 is 0.957 bits per heavy atom. The Balaban J connectivity index is 2.09. The van der Waals surface area contributed by atoms with Crippen LogP contribution in [-0.4, -0.2) is 23.0 Å². The van der Waals surface area contributed by atoms with Gasteiger partial charge in [0.05, 0.1) is 16.7 Å². The van der Waals surface area contributed by atoms with E-state index in [2.05, 4.69) is 4.74 Å². The van der Waals surface area contributed by atoms with Gasteiger partial charge in [0.25, 0.3) is 0 Å². The van der Waals surface area contributed by atoms with Gasteiger partial charge in [-0.25, -0.2) is 14.4 Å². The summed E-state index contributed by atoms with van der Waals surface area (Å²) in [7, 11) is 0. The lowest BCUT2D eigenvalue weighted by Gasteiger charge is -2.26.